The normalized spacial score (nSPS) is 10.1. The van der Waals surface area contributed by atoms with Crippen molar-refractivity contribution in [2.45, 2.75) is 6.92 Å². The third kappa shape index (κ3) is 2.42. The highest BCUT2D eigenvalue weighted by Crippen LogP contribution is 2.26. The van der Waals surface area contributed by atoms with Gasteiger partial charge in [-0.25, -0.2) is 4.98 Å². The number of methoxy groups -OCH3 is 1. The van der Waals surface area contributed by atoms with Crippen molar-refractivity contribution in [2.24, 2.45) is 0 Å². The van der Waals surface area contributed by atoms with E-state index in [1.54, 1.807) is 6.08 Å². The van der Waals surface area contributed by atoms with E-state index in [0.29, 0.717) is 29.3 Å². The second kappa shape index (κ2) is 5.61. The SMILES string of the molecule is CCO/C=C/c1c(OC)ncc(C#N)c1N. The van der Waals surface area contributed by atoms with Crippen molar-refractivity contribution in [3.63, 3.8) is 0 Å². The number of anilines is 1. The van der Waals surface area contributed by atoms with Crippen LogP contribution in [0.25, 0.3) is 6.08 Å². The van der Waals surface area contributed by atoms with E-state index in [9.17, 15) is 0 Å². The van der Waals surface area contributed by atoms with Crippen LogP contribution < -0.4 is 10.5 Å². The molecule has 0 saturated carbocycles. The van der Waals surface area contributed by atoms with E-state index < -0.39 is 0 Å². The first-order valence-corrected chi connectivity index (χ1v) is 4.75. The molecule has 84 valence electrons. The number of pyridine rings is 1. The van der Waals surface area contributed by atoms with Gasteiger partial charge in [0.25, 0.3) is 0 Å². The summed E-state index contributed by atoms with van der Waals surface area (Å²) in [5.41, 5.74) is 7.01. The van der Waals surface area contributed by atoms with Crippen LogP contribution in [-0.2, 0) is 4.74 Å². The number of nitrogen functional groups attached to an aromatic ring is 1. The van der Waals surface area contributed by atoms with Gasteiger partial charge in [0.15, 0.2) is 0 Å². The van der Waals surface area contributed by atoms with E-state index in [1.807, 2.05) is 13.0 Å². The van der Waals surface area contributed by atoms with Crippen LogP contribution >= 0.6 is 0 Å². The maximum Gasteiger partial charge on any atom is 0.222 e. The maximum atomic E-state index is 8.81. The molecule has 0 fully saturated rings. The molecular formula is C11H13N3O2. The molecule has 1 heterocycles. The summed E-state index contributed by atoms with van der Waals surface area (Å²) in [6, 6.07) is 1.96. The third-order valence-corrected chi connectivity index (χ3v) is 1.93. The number of nitrogens with zero attached hydrogens (tertiary/aromatic N) is 2. The lowest BCUT2D eigenvalue weighted by atomic mass is 10.1. The molecule has 0 aliphatic rings. The Hall–Kier alpha value is -2.22. The van der Waals surface area contributed by atoms with Crippen molar-refractivity contribution in [3.05, 3.63) is 23.6 Å². The molecule has 0 aromatic carbocycles. The Morgan fingerprint density at radius 3 is 2.94 bits per heavy atom. The number of hydrogen-bond donors (Lipinski definition) is 1. The van der Waals surface area contributed by atoms with Gasteiger partial charge in [0.2, 0.25) is 5.88 Å². The van der Waals surface area contributed by atoms with Crippen molar-refractivity contribution in [2.75, 3.05) is 19.5 Å². The lowest BCUT2D eigenvalue weighted by molar-refractivity contribution is 0.272. The first-order chi connectivity index (χ1) is 7.74. The summed E-state index contributed by atoms with van der Waals surface area (Å²) in [5, 5.41) is 8.81. The number of ether oxygens (including phenoxy) is 2. The van der Waals surface area contributed by atoms with Gasteiger partial charge in [0, 0.05) is 0 Å². The lowest BCUT2D eigenvalue weighted by Crippen LogP contribution is -2.00. The van der Waals surface area contributed by atoms with E-state index in [-0.39, 0.29) is 0 Å². The number of rotatable bonds is 4. The highest BCUT2D eigenvalue weighted by molar-refractivity contribution is 5.73. The van der Waals surface area contributed by atoms with Crippen molar-refractivity contribution in [1.29, 1.82) is 5.26 Å². The van der Waals surface area contributed by atoms with Gasteiger partial charge in [-0.1, -0.05) is 0 Å². The molecule has 0 unspecified atom stereocenters. The summed E-state index contributed by atoms with van der Waals surface area (Å²) in [6.45, 7) is 2.43. The highest BCUT2D eigenvalue weighted by atomic mass is 16.5. The number of nitriles is 1. The summed E-state index contributed by atoms with van der Waals surface area (Å²) >= 11 is 0. The summed E-state index contributed by atoms with van der Waals surface area (Å²) in [5.74, 6) is 0.368. The van der Waals surface area contributed by atoms with E-state index in [1.165, 1.54) is 19.6 Å². The average Bonchev–Trinajstić information content (AvgIpc) is 2.31. The van der Waals surface area contributed by atoms with Crippen molar-refractivity contribution < 1.29 is 9.47 Å². The van der Waals surface area contributed by atoms with Gasteiger partial charge in [-0.15, -0.1) is 0 Å². The fraction of sp³-hybridized carbons (Fsp3) is 0.273. The third-order valence-electron chi connectivity index (χ3n) is 1.93. The van der Waals surface area contributed by atoms with Gasteiger partial charge >= 0.3 is 0 Å². The van der Waals surface area contributed by atoms with E-state index in [4.69, 9.17) is 20.5 Å². The minimum atomic E-state index is 0.317. The van der Waals surface area contributed by atoms with E-state index in [0.717, 1.165) is 0 Å². The molecule has 5 nitrogen and oxygen atoms in total. The molecule has 1 rings (SSSR count). The molecule has 0 atom stereocenters. The minimum absolute atomic E-state index is 0.317. The second-order valence-corrected chi connectivity index (χ2v) is 2.88. The van der Waals surface area contributed by atoms with Gasteiger partial charge in [0.05, 0.1) is 43.0 Å². The van der Waals surface area contributed by atoms with Crippen LogP contribution in [0, 0.1) is 11.3 Å². The monoisotopic (exact) mass is 219 g/mol. The van der Waals surface area contributed by atoms with Crippen LogP contribution in [0.2, 0.25) is 0 Å². The predicted octanol–water partition coefficient (Wildman–Crippen LogP) is 1.55. The smallest absolute Gasteiger partial charge is 0.222 e. The van der Waals surface area contributed by atoms with Gasteiger partial charge < -0.3 is 15.2 Å². The number of nitrogens with two attached hydrogens (primary N) is 1. The molecule has 16 heavy (non-hydrogen) atoms. The molecule has 0 spiro atoms. The highest BCUT2D eigenvalue weighted by Gasteiger charge is 2.10. The van der Waals surface area contributed by atoms with E-state index in [2.05, 4.69) is 4.98 Å². The summed E-state index contributed by atoms with van der Waals surface area (Å²) in [7, 11) is 1.49. The molecule has 0 radical (unpaired) electrons. The van der Waals surface area contributed by atoms with Crippen molar-refractivity contribution in [1.82, 2.24) is 4.98 Å². The Morgan fingerprint density at radius 2 is 2.38 bits per heavy atom. The zero-order chi connectivity index (χ0) is 12.0. The summed E-state index contributed by atoms with van der Waals surface area (Å²) in [6.07, 6.45) is 4.51. The number of aromatic nitrogens is 1. The van der Waals surface area contributed by atoms with Crippen LogP contribution in [-0.4, -0.2) is 18.7 Å². The van der Waals surface area contributed by atoms with Crippen molar-refractivity contribution in [3.8, 4) is 11.9 Å². The Bertz CT molecular complexity index is 436. The lowest BCUT2D eigenvalue weighted by Gasteiger charge is -2.07. The van der Waals surface area contributed by atoms with Crippen molar-refractivity contribution >= 4 is 11.8 Å². The van der Waals surface area contributed by atoms with Gasteiger partial charge in [-0.3, -0.25) is 0 Å². The Labute approximate surface area is 94.1 Å². The zero-order valence-electron chi connectivity index (χ0n) is 9.23. The first kappa shape index (κ1) is 11.9. The quantitative estimate of drug-likeness (QED) is 0.777. The van der Waals surface area contributed by atoms with Gasteiger partial charge in [-0.05, 0) is 13.0 Å². The molecule has 0 aliphatic carbocycles. The minimum Gasteiger partial charge on any atom is -0.501 e. The fourth-order valence-electron chi connectivity index (χ4n) is 1.15. The molecule has 0 amide bonds. The fourth-order valence-corrected chi connectivity index (χ4v) is 1.15. The van der Waals surface area contributed by atoms with Crippen LogP contribution in [0.4, 0.5) is 5.69 Å². The summed E-state index contributed by atoms with van der Waals surface area (Å²) < 4.78 is 10.1. The second-order valence-electron chi connectivity index (χ2n) is 2.88. The zero-order valence-corrected chi connectivity index (χ0v) is 9.23. The molecule has 0 bridgehead atoms. The Kier molecular flexibility index (Phi) is 4.16. The molecular weight excluding hydrogens is 206 g/mol. The molecule has 0 aliphatic heterocycles. The maximum absolute atomic E-state index is 8.81. The molecule has 1 aromatic rings. The predicted molar refractivity (Wildman–Crippen MR) is 60.6 cm³/mol. The van der Waals surface area contributed by atoms with Crippen LogP contribution in [0.15, 0.2) is 12.5 Å². The molecule has 5 heteroatoms. The standard InChI is InChI=1S/C11H13N3O2/c1-3-16-5-4-9-10(13)8(6-12)7-14-11(9)15-2/h4-5,7H,3H2,1-2H3,(H2,13,14)/b5-4+. The van der Waals surface area contributed by atoms with Crippen LogP contribution in [0.3, 0.4) is 0 Å². The van der Waals surface area contributed by atoms with Crippen LogP contribution in [0.1, 0.15) is 18.1 Å². The van der Waals surface area contributed by atoms with Crippen LogP contribution in [0.5, 0.6) is 5.88 Å². The van der Waals surface area contributed by atoms with E-state index >= 15 is 0 Å². The molecule has 2 N–H and O–H groups in total. The van der Waals surface area contributed by atoms with Gasteiger partial charge in [0.1, 0.15) is 6.07 Å². The largest absolute Gasteiger partial charge is 0.501 e. The Balaban J connectivity index is 3.17. The molecule has 1 aromatic heterocycles. The topological polar surface area (TPSA) is 81.2 Å². The average molecular weight is 219 g/mol. The summed E-state index contributed by atoms with van der Waals surface area (Å²) in [4.78, 5) is 3.98. The Morgan fingerprint density at radius 1 is 1.62 bits per heavy atom. The van der Waals surface area contributed by atoms with Gasteiger partial charge in [-0.2, -0.15) is 5.26 Å². The number of hydrogen-bond acceptors (Lipinski definition) is 5. The molecule has 0 saturated heterocycles. The first-order valence-electron chi connectivity index (χ1n) is 4.75.